The average molecular weight is 421 g/mol. The highest BCUT2D eigenvalue weighted by Gasteiger charge is 2.14. The minimum Gasteiger partial charge on any atom is -0.507 e. The maximum absolute atomic E-state index is 14.0. The highest BCUT2D eigenvalue weighted by molar-refractivity contribution is 6.42. The van der Waals surface area contributed by atoms with E-state index in [-0.39, 0.29) is 16.9 Å². The molecule has 0 radical (unpaired) electrons. The van der Waals surface area contributed by atoms with Crippen LogP contribution in [0.25, 0.3) is 11.1 Å². The van der Waals surface area contributed by atoms with Crippen LogP contribution >= 0.6 is 23.2 Å². The molecule has 0 unspecified atom stereocenters. The molecule has 0 saturated heterocycles. The number of benzene rings is 3. The number of phenols is 1. The predicted octanol–water partition coefficient (Wildman–Crippen LogP) is 5.41. The van der Waals surface area contributed by atoms with Gasteiger partial charge in [-0.05, 0) is 47.5 Å². The largest absolute Gasteiger partial charge is 0.507 e. The summed E-state index contributed by atoms with van der Waals surface area (Å²) in [7, 11) is 0. The SMILES string of the molecule is O=C(N/N=C/c1ccc(Cl)c(Cl)c1)c1cc(-c2ccc(F)cc2F)ccc1O. The van der Waals surface area contributed by atoms with Crippen LogP contribution < -0.4 is 5.43 Å². The van der Waals surface area contributed by atoms with Crippen molar-refractivity contribution in [3.05, 3.63) is 87.4 Å². The number of amides is 1. The molecular formula is C20H12Cl2F2N2O2. The van der Waals surface area contributed by atoms with Gasteiger partial charge in [-0.2, -0.15) is 5.10 Å². The number of hydrogen-bond acceptors (Lipinski definition) is 3. The molecule has 3 rings (SSSR count). The third-order valence-electron chi connectivity index (χ3n) is 3.81. The molecule has 0 fully saturated rings. The molecule has 0 aliphatic heterocycles. The summed E-state index contributed by atoms with van der Waals surface area (Å²) in [4.78, 5) is 12.3. The van der Waals surface area contributed by atoms with Gasteiger partial charge in [0.15, 0.2) is 0 Å². The van der Waals surface area contributed by atoms with Crippen molar-refractivity contribution in [2.24, 2.45) is 5.10 Å². The number of phenolic OH excluding ortho intramolecular Hbond substituents is 1. The fraction of sp³-hybridized carbons (Fsp3) is 0. The van der Waals surface area contributed by atoms with Crippen molar-refractivity contribution < 1.29 is 18.7 Å². The van der Waals surface area contributed by atoms with E-state index in [4.69, 9.17) is 23.2 Å². The molecule has 4 nitrogen and oxygen atoms in total. The predicted molar refractivity (Wildman–Crippen MR) is 105 cm³/mol. The maximum Gasteiger partial charge on any atom is 0.275 e. The normalized spacial score (nSPS) is 11.0. The van der Waals surface area contributed by atoms with Gasteiger partial charge in [0.2, 0.25) is 0 Å². The molecule has 0 aliphatic rings. The first kappa shape index (κ1) is 19.8. The first-order chi connectivity index (χ1) is 13.3. The summed E-state index contributed by atoms with van der Waals surface area (Å²) in [5, 5.41) is 14.5. The van der Waals surface area contributed by atoms with Gasteiger partial charge in [-0.25, -0.2) is 14.2 Å². The van der Waals surface area contributed by atoms with Crippen molar-refractivity contribution in [3.63, 3.8) is 0 Å². The Balaban J connectivity index is 1.81. The van der Waals surface area contributed by atoms with Gasteiger partial charge in [0.25, 0.3) is 5.91 Å². The number of nitrogens with zero attached hydrogens (tertiary/aromatic N) is 1. The third kappa shape index (κ3) is 4.47. The van der Waals surface area contributed by atoms with Gasteiger partial charge in [0, 0.05) is 11.6 Å². The van der Waals surface area contributed by atoms with E-state index >= 15 is 0 Å². The molecule has 8 heteroatoms. The Morgan fingerprint density at radius 2 is 1.79 bits per heavy atom. The zero-order chi connectivity index (χ0) is 20.3. The number of aromatic hydroxyl groups is 1. The van der Waals surface area contributed by atoms with E-state index in [1.54, 1.807) is 18.2 Å². The molecule has 0 aromatic heterocycles. The third-order valence-corrected chi connectivity index (χ3v) is 4.55. The van der Waals surface area contributed by atoms with Gasteiger partial charge in [-0.15, -0.1) is 0 Å². The Labute approximate surface area is 169 Å². The molecule has 0 heterocycles. The minimum atomic E-state index is -0.783. The van der Waals surface area contributed by atoms with E-state index in [1.165, 1.54) is 30.5 Å². The van der Waals surface area contributed by atoms with Crippen LogP contribution in [0.5, 0.6) is 5.75 Å². The Bertz CT molecular complexity index is 1090. The van der Waals surface area contributed by atoms with Crippen LogP contribution in [-0.4, -0.2) is 17.2 Å². The molecule has 3 aromatic carbocycles. The first-order valence-electron chi connectivity index (χ1n) is 7.92. The van der Waals surface area contributed by atoms with Crippen LogP contribution in [-0.2, 0) is 0 Å². The quantitative estimate of drug-likeness (QED) is 0.437. The van der Waals surface area contributed by atoms with Gasteiger partial charge in [-0.1, -0.05) is 35.3 Å². The van der Waals surface area contributed by atoms with E-state index in [0.29, 0.717) is 21.2 Å². The topological polar surface area (TPSA) is 61.7 Å². The van der Waals surface area contributed by atoms with E-state index in [0.717, 1.165) is 12.1 Å². The summed E-state index contributed by atoms with van der Waals surface area (Å²) >= 11 is 11.7. The number of carbonyl (C=O) groups excluding carboxylic acids is 1. The lowest BCUT2D eigenvalue weighted by molar-refractivity contribution is 0.0952. The van der Waals surface area contributed by atoms with Gasteiger partial charge in [0.05, 0.1) is 21.8 Å². The van der Waals surface area contributed by atoms with Crippen molar-refractivity contribution in [2.75, 3.05) is 0 Å². The Morgan fingerprint density at radius 1 is 1.00 bits per heavy atom. The number of rotatable bonds is 4. The van der Waals surface area contributed by atoms with Crippen LogP contribution in [0.15, 0.2) is 59.7 Å². The smallest absolute Gasteiger partial charge is 0.275 e. The van der Waals surface area contributed by atoms with Crippen LogP contribution in [0.3, 0.4) is 0 Å². The van der Waals surface area contributed by atoms with Crippen molar-refractivity contribution >= 4 is 35.3 Å². The van der Waals surface area contributed by atoms with Crippen LogP contribution in [0.4, 0.5) is 8.78 Å². The second-order valence-corrected chi connectivity index (χ2v) is 6.54. The zero-order valence-corrected chi connectivity index (χ0v) is 15.6. The fourth-order valence-electron chi connectivity index (χ4n) is 2.43. The summed E-state index contributed by atoms with van der Waals surface area (Å²) in [6.07, 6.45) is 1.35. The number of nitrogens with one attached hydrogen (secondary N) is 1. The molecule has 0 saturated carbocycles. The molecule has 0 bridgehead atoms. The monoisotopic (exact) mass is 420 g/mol. The molecule has 0 atom stereocenters. The second-order valence-electron chi connectivity index (χ2n) is 5.73. The lowest BCUT2D eigenvalue weighted by Crippen LogP contribution is -2.17. The second kappa shape index (κ2) is 8.37. The van der Waals surface area contributed by atoms with Crippen LogP contribution in [0.1, 0.15) is 15.9 Å². The van der Waals surface area contributed by atoms with Crippen molar-refractivity contribution in [1.29, 1.82) is 0 Å². The van der Waals surface area contributed by atoms with E-state index in [2.05, 4.69) is 10.5 Å². The lowest BCUT2D eigenvalue weighted by atomic mass is 10.0. The first-order valence-corrected chi connectivity index (χ1v) is 8.67. The summed E-state index contributed by atoms with van der Waals surface area (Å²) in [6.45, 7) is 0. The van der Waals surface area contributed by atoms with Gasteiger partial charge in [-0.3, -0.25) is 4.79 Å². The Hall–Kier alpha value is -2.96. The highest BCUT2D eigenvalue weighted by Crippen LogP contribution is 2.28. The molecule has 0 aliphatic carbocycles. The van der Waals surface area contributed by atoms with Crippen LogP contribution in [0.2, 0.25) is 10.0 Å². The zero-order valence-electron chi connectivity index (χ0n) is 14.1. The van der Waals surface area contributed by atoms with Gasteiger partial charge >= 0.3 is 0 Å². The van der Waals surface area contributed by atoms with Gasteiger partial charge in [0.1, 0.15) is 17.4 Å². The molecule has 0 spiro atoms. The maximum atomic E-state index is 14.0. The fourth-order valence-corrected chi connectivity index (χ4v) is 2.73. The van der Waals surface area contributed by atoms with E-state index in [1.807, 2.05) is 0 Å². The average Bonchev–Trinajstić information content (AvgIpc) is 2.65. The minimum absolute atomic E-state index is 0.0924. The Kier molecular flexibility index (Phi) is 5.92. The Morgan fingerprint density at radius 3 is 2.50 bits per heavy atom. The molecular weight excluding hydrogens is 409 g/mol. The van der Waals surface area contributed by atoms with E-state index < -0.39 is 17.5 Å². The van der Waals surface area contributed by atoms with E-state index in [9.17, 15) is 18.7 Å². The number of carbonyl (C=O) groups is 1. The summed E-state index contributed by atoms with van der Waals surface area (Å²) in [5.74, 6) is -2.52. The summed E-state index contributed by atoms with van der Waals surface area (Å²) < 4.78 is 27.1. The lowest BCUT2D eigenvalue weighted by Gasteiger charge is -2.08. The van der Waals surface area contributed by atoms with Crippen molar-refractivity contribution in [3.8, 4) is 16.9 Å². The summed E-state index contributed by atoms with van der Waals surface area (Å²) in [6, 6.07) is 11.8. The molecule has 142 valence electrons. The highest BCUT2D eigenvalue weighted by atomic mass is 35.5. The number of hydrazone groups is 1. The number of hydrogen-bond donors (Lipinski definition) is 2. The van der Waals surface area contributed by atoms with Crippen LogP contribution in [0, 0.1) is 11.6 Å². The standard InChI is InChI=1S/C20H12Cl2F2N2O2/c21-16-5-1-11(7-17(16)22)10-25-26-20(28)15-8-12(2-6-19(15)27)14-4-3-13(23)9-18(14)24/h1-10,27H,(H,26,28)/b25-10+. The molecule has 3 aromatic rings. The van der Waals surface area contributed by atoms with Gasteiger partial charge < -0.3 is 5.11 Å². The van der Waals surface area contributed by atoms with Crippen molar-refractivity contribution in [2.45, 2.75) is 0 Å². The summed E-state index contributed by atoms with van der Waals surface area (Å²) in [5.41, 5.74) is 3.14. The molecule has 2 N–H and O–H groups in total. The molecule has 28 heavy (non-hydrogen) atoms. The van der Waals surface area contributed by atoms with Crippen molar-refractivity contribution in [1.82, 2.24) is 5.43 Å². The number of halogens is 4. The molecule has 1 amide bonds.